The molecule has 0 aliphatic rings. The lowest BCUT2D eigenvalue weighted by Crippen LogP contribution is -2.43. The van der Waals surface area contributed by atoms with Gasteiger partial charge in [0, 0.05) is 24.1 Å². The SMILES string of the molecule is COC(=O)[C@H](C)n1c(=O)c2c(nc3n(-c4ccc(Oc5ccccc5)cc4)c(C)c(C)n23)n(C)c1=O. The van der Waals surface area contributed by atoms with Crippen molar-refractivity contribution in [1.29, 1.82) is 0 Å². The first kappa shape index (κ1) is 23.2. The fraction of sp³-hybridized carbons (Fsp3) is 0.231. The minimum atomic E-state index is -1.09. The molecule has 36 heavy (non-hydrogen) atoms. The number of methoxy groups -OCH3 is 1. The van der Waals surface area contributed by atoms with E-state index in [1.54, 1.807) is 4.40 Å². The van der Waals surface area contributed by atoms with Crippen LogP contribution in [0.25, 0.3) is 22.6 Å². The van der Waals surface area contributed by atoms with Crippen molar-refractivity contribution in [3.05, 3.63) is 86.8 Å². The second kappa shape index (κ2) is 8.56. The Morgan fingerprint density at radius 3 is 2.22 bits per heavy atom. The standard InChI is InChI=1S/C26H25N5O5/c1-15-16(2)30-21-22(28(4)26(34)31(23(21)32)17(3)24(33)35-5)27-25(30)29(15)18-11-13-20(14-12-18)36-19-9-7-6-8-10-19/h6-14,17H,1-5H3/t17-/m0/s1. The fourth-order valence-electron chi connectivity index (χ4n) is 4.43. The summed E-state index contributed by atoms with van der Waals surface area (Å²) in [5.41, 5.74) is 1.66. The number of hydrogen-bond donors (Lipinski definition) is 0. The molecule has 0 radical (unpaired) electrons. The molecule has 0 bridgehead atoms. The van der Waals surface area contributed by atoms with E-state index < -0.39 is 23.3 Å². The topological polar surface area (TPSA) is 102 Å². The molecular formula is C26H25N5O5. The summed E-state index contributed by atoms with van der Waals surface area (Å²) >= 11 is 0. The van der Waals surface area contributed by atoms with E-state index in [1.807, 2.05) is 73.0 Å². The lowest BCUT2D eigenvalue weighted by molar-refractivity contribution is -0.144. The number of para-hydroxylation sites is 1. The first-order valence-electron chi connectivity index (χ1n) is 11.4. The maximum absolute atomic E-state index is 13.5. The Hall–Kier alpha value is -4.60. The molecular weight excluding hydrogens is 462 g/mol. The average Bonchev–Trinajstić information content (AvgIpc) is 3.38. The highest BCUT2D eigenvalue weighted by molar-refractivity contribution is 5.78. The average molecular weight is 488 g/mol. The van der Waals surface area contributed by atoms with Crippen LogP contribution >= 0.6 is 0 Å². The zero-order valence-corrected chi connectivity index (χ0v) is 20.6. The molecule has 0 fully saturated rings. The van der Waals surface area contributed by atoms with Crippen molar-refractivity contribution in [1.82, 2.24) is 23.1 Å². The van der Waals surface area contributed by atoms with Gasteiger partial charge in [-0.2, -0.15) is 4.98 Å². The molecule has 2 aromatic carbocycles. The van der Waals surface area contributed by atoms with Gasteiger partial charge in [-0.25, -0.2) is 14.2 Å². The highest BCUT2D eigenvalue weighted by atomic mass is 16.5. The van der Waals surface area contributed by atoms with Gasteiger partial charge in [-0.3, -0.25) is 18.3 Å². The second-order valence-electron chi connectivity index (χ2n) is 8.55. The van der Waals surface area contributed by atoms with Crippen molar-refractivity contribution >= 4 is 22.9 Å². The molecule has 5 rings (SSSR count). The Balaban J connectivity index is 1.70. The van der Waals surface area contributed by atoms with Gasteiger partial charge in [0.05, 0.1) is 7.11 Å². The molecule has 0 aliphatic carbocycles. The van der Waals surface area contributed by atoms with E-state index in [0.29, 0.717) is 11.5 Å². The third-order valence-corrected chi connectivity index (χ3v) is 6.47. The largest absolute Gasteiger partial charge is 0.467 e. The van der Waals surface area contributed by atoms with Gasteiger partial charge in [-0.15, -0.1) is 0 Å². The van der Waals surface area contributed by atoms with Crippen molar-refractivity contribution in [2.75, 3.05) is 7.11 Å². The van der Waals surface area contributed by atoms with Gasteiger partial charge in [0.2, 0.25) is 5.78 Å². The molecule has 10 nitrogen and oxygen atoms in total. The van der Waals surface area contributed by atoms with Crippen molar-refractivity contribution in [3.8, 4) is 17.2 Å². The predicted molar refractivity (Wildman–Crippen MR) is 134 cm³/mol. The van der Waals surface area contributed by atoms with E-state index in [0.717, 1.165) is 27.4 Å². The second-order valence-corrected chi connectivity index (χ2v) is 8.55. The van der Waals surface area contributed by atoms with Crippen LogP contribution in [0.5, 0.6) is 11.5 Å². The third-order valence-electron chi connectivity index (χ3n) is 6.47. The molecule has 0 spiro atoms. The Morgan fingerprint density at radius 1 is 0.944 bits per heavy atom. The summed E-state index contributed by atoms with van der Waals surface area (Å²) in [6, 6.07) is 15.9. The number of esters is 1. The Labute approximate surface area is 205 Å². The lowest BCUT2D eigenvalue weighted by atomic mass is 10.2. The number of aromatic nitrogens is 5. The van der Waals surface area contributed by atoms with Crippen LogP contribution in [0.3, 0.4) is 0 Å². The Kier molecular flexibility index (Phi) is 5.51. The summed E-state index contributed by atoms with van der Waals surface area (Å²) < 4.78 is 16.5. The van der Waals surface area contributed by atoms with Gasteiger partial charge in [-0.05, 0) is 57.2 Å². The van der Waals surface area contributed by atoms with Crippen molar-refractivity contribution in [2.45, 2.75) is 26.8 Å². The number of benzene rings is 2. The summed E-state index contributed by atoms with van der Waals surface area (Å²) in [7, 11) is 2.74. The highest BCUT2D eigenvalue weighted by Crippen LogP contribution is 2.27. The van der Waals surface area contributed by atoms with Gasteiger partial charge < -0.3 is 9.47 Å². The molecule has 10 heteroatoms. The van der Waals surface area contributed by atoms with Crippen LogP contribution in [0.1, 0.15) is 24.4 Å². The summed E-state index contributed by atoms with van der Waals surface area (Å²) in [4.78, 5) is 43.4. The zero-order valence-electron chi connectivity index (χ0n) is 20.6. The van der Waals surface area contributed by atoms with Crippen LogP contribution in [0.4, 0.5) is 0 Å². The van der Waals surface area contributed by atoms with Crippen LogP contribution < -0.4 is 16.0 Å². The molecule has 3 heterocycles. The summed E-state index contributed by atoms with van der Waals surface area (Å²) in [6.45, 7) is 5.27. The van der Waals surface area contributed by atoms with Crippen LogP contribution in [-0.4, -0.2) is 36.2 Å². The maximum atomic E-state index is 13.5. The smallest absolute Gasteiger partial charge is 0.333 e. The van der Waals surface area contributed by atoms with E-state index in [4.69, 9.17) is 9.47 Å². The van der Waals surface area contributed by atoms with Crippen molar-refractivity contribution < 1.29 is 14.3 Å². The molecule has 1 atom stereocenters. The minimum Gasteiger partial charge on any atom is -0.467 e. The number of aryl methyl sites for hydroxylation is 2. The predicted octanol–water partition coefficient (Wildman–Crippen LogP) is 3.28. The molecule has 0 amide bonds. The fourth-order valence-corrected chi connectivity index (χ4v) is 4.43. The summed E-state index contributed by atoms with van der Waals surface area (Å²) in [5, 5.41) is 0. The molecule has 3 aromatic heterocycles. The number of fused-ring (bicyclic) bond motifs is 3. The first-order valence-corrected chi connectivity index (χ1v) is 11.4. The van der Waals surface area contributed by atoms with Gasteiger partial charge in [0.15, 0.2) is 11.2 Å². The summed E-state index contributed by atoms with van der Waals surface area (Å²) in [6.07, 6.45) is 0. The number of carbonyl (C=O) groups excluding carboxylic acids is 1. The Bertz CT molecular complexity index is 1740. The zero-order chi connectivity index (χ0) is 25.7. The van der Waals surface area contributed by atoms with E-state index in [2.05, 4.69) is 4.98 Å². The van der Waals surface area contributed by atoms with Crippen molar-refractivity contribution in [2.24, 2.45) is 7.05 Å². The normalized spacial score (nSPS) is 12.2. The van der Waals surface area contributed by atoms with Crippen LogP contribution in [0, 0.1) is 13.8 Å². The number of ether oxygens (including phenoxy) is 2. The van der Waals surface area contributed by atoms with Crippen LogP contribution in [0.15, 0.2) is 64.2 Å². The molecule has 0 unspecified atom stereocenters. The van der Waals surface area contributed by atoms with E-state index in [1.165, 1.54) is 25.6 Å². The van der Waals surface area contributed by atoms with E-state index in [9.17, 15) is 14.4 Å². The maximum Gasteiger partial charge on any atom is 0.333 e. The lowest BCUT2D eigenvalue weighted by Gasteiger charge is -2.13. The van der Waals surface area contributed by atoms with Gasteiger partial charge in [-0.1, -0.05) is 18.2 Å². The molecule has 0 saturated carbocycles. The summed E-state index contributed by atoms with van der Waals surface area (Å²) in [5.74, 6) is 1.21. The monoisotopic (exact) mass is 487 g/mol. The van der Waals surface area contributed by atoms with E-state index >= 15 is 0 Å². The number of carbonyl (C=O) groups is 1. The van der Waals surface area contributed by atoms with Gasteiger partial charge in [0.1, 0.15) is 17.5 Å². The highest BCUT2D eigenvalue weighted by Gasteiger charge is 2.27. The Morgan fingerprint density at radius 2 is 1.58 bits per heavy atom. The quantitative estimate of drug-likeness (QED) is 0.353. The van der Waals surface area contributed by atoms with Gasteiger partial charge in [0.25, 0.3) is 5.56 Å². The molecule has 5 aromatic rings. The molecule has 0 saturated heterocycles. The first-order chi connectivity index (χ1) is 17.2. The molecule has 0 aliphatic heterocycles. The third kappa shape index (κ3) is 3.41. The minimum absolute atomic E-state index is 0.214. The molecule has 0 N–H and O–H groups in total. The van der Waals surface area contributed by atoms with Gasteiger partial charge >= 0.3 is 11.7 Å². The number of imidazole rings is 2. The number of hydrogen-bond acceptors (Lipinski definition) is 6. The van der Waals surface area contributed by atoms with E-state index in [-0.39, 0.29) is 11.2 Å². The van der Waals surface area contributed by atoms with Crippen molar-refractivity contribution in [3.63, 3.8) is 0 Å². The van der Waals surface area contributed by atoms with Crippen LogP contribution in [-0.2, 0) is 16.6 Å². The molecule has 184 valence electrons. The number of rotatable bonds is 5. The van der Waals surface area contributed by atoms with Crippen LogP contribution in [0.2, 0.25) is 0 Å². The number of nitrogens with zero attached hydrogens (tertiary/aromatic N) is 5.